The maximum atomic E-state index is 11.5. The number of anilines is 1. The van der Waals surface area contributed by atoms with Crippen molar-refractivity contribution in [1.29, 1.82) is 0 Å². The average molecular weight is 284 g/mol. The van der Waals surface area contributed by atoms with Gasteiger partial charge in [-0.05, 0) is 12.1 Å². The first-order chi connectivity index (χ1) is 9.04. The van der Waals surface area contributed by atoms with Crippen LogP contribution in [0.3, 0.4) is 0 Å². The van der Waals surface area contributed by atoms with Crippen LogP contribution in [0.5, 0.6) is 11.5 Å². The Morgan fingerprint density at radius 3 is 2.74 bits per heavy atom. The van der Waals surface area contributed by atoms with Crippen LogP contribution in [0, 0.1) is 0 Å². The van der Waals surface area contributed by atoms with E-state index in [-0.39, 0.29) is 6.79 Å². The first-order valence-electron chi connectivity index (χ1n) is 5.29. The Hall–Kier alpha value is -2.09. The van der Waals surface area contributed by atoms with Crippen molar-refractivity contribution in [3.63, 3.8) is 0 Å². The molecule has 102 valence electrons. The molecule has 1 aliphatic heterocycles. The van der Waals surface area contributed by atoms with Gasteiger partial charge in [-0.3, -0.25) is 9.00 Å². The highest BCUT2D eigenvalue weighted by Crippen LogP contribution is 2.34. The molecule has 19 heavy (non-hydrogen) atoms. The molecule has 0 aromatic heterocycles. The number of carbonyl (C=O) groups excluding carboxylic acids is 2. The van der Waals surface area contributed by atoms with E-state index in [2.05, 4.69) is 5.32 Å². The lowest BCUT2D eigenvalue weighted by Crippen LogP contribution is -2.31. The molecule has 0 bridgehead atoms. The zero-order valence-corrected chi connectivity index (χ0v) is 10.5. The summed E-state index contributed by atoms with van der Waals surface area (Å²) >= 11 is 0. The van der Waals surface area contributed by atoms with Crippen LogP contribution in [0.25, 0.3) is 0 Å². The molecule has 0 radical (unpaired) electrons. The van der Waals surface area contributed by atoms with Crippen molar-refractivity contribution in [2.75, 3.05) is 23.6 Å². The van der Waals surface area contributed by atoms with Crippen molar-refractivity contribution < 1.29 is 28.4 Å². The standard InChI is InChI=1S/C11H11NO6S/c13-10(4-19(16)5-11(14)15)12-7-1-2-8-9(3-7)18-6-17-8/h1-3H,4-6H2,(H,12,13)(H,14,15)/p-1/t19-/m1/s1. The Morgan fingerprint density at radius 1 is 1.26 bits per heavy atom. The van der Waals surface area contributed by atoms with Crippen molar-refractivity contribution in [1.82, 2.24) is 0 Å². The molecule has 0 fully saturated rings. The van der Waals surface area contributed by atoms with E-state index in [4.69, 9.17) is 9.47 Å². The first-order valence-corrected chi connectivity index (χ1v) is 6.78. The van der Waals surface area contributed by atoms with E-state index in [1.165, 1.54) is 0 Å². The summed E-state index contributed by atoms with van der Waals surface area (Å²) < 4.78 is 21.5. The summed E-state index contributed by atoms with van der Waals surface area (Å²) in [5.41, 5.74) is 0.458. The van der Waals surface area contributed by atoms with Gasteiger partial charge in [0.15, 0.2) is 11.5 Å². The summed E-state index contributed by atoms with van der Waals surface area (Å²) in [6.07, 6.45) is 0. The van der Waals surface area contributed by atoms with Crippen LogP contribution in [-0.4, -0.2) is 34.4 Å². The van der Waals surface area contributed by atoms with E-state index in [1.807, 2.05) is 0 Å². The lowest BCUT2D eigenvalue weighted by molar-refractivity contribution is -0.301. The lowest BCUT2D eigenvalue weighted by Gasteiger charge is -2.06. The second-order valence-corrected chi connectivity index (χ2v) is 5.17. The van der Waals surface area contributed by atoms with Crippen molar-refractivity contribution in [2.45, 2.75) is 0 Å². The van der Waals surface area contributed by atoms with Crippen molar-refractivity contribution >= 4 is 28.4 Å². The number of ether oxygens (including phenoxy) is 2. The molecule has 1 heterocycles. The molecule has 1 aromatic rings. The summed E-state index contributed by atoms with van der Waals surface area (Å²) in [4.78, 5) is 21.7. The molecule has 1 atom stereocenters. The van der Waals surface area contributed by atoms with Gasteiger partial charge in [0.05, 0.1) is 11.7 Å². The number of fused-ring (bicyclic) bond motifs is 1. The van der Waals surface area contributed by atoms with Gasteiger partial charge in [0, 0.05) is 22.6 Å². The minimum absolute atomic E-state index is 0.127. The minimum Gasteiger partial charge on any atom is -0.549 e. The Bertz CT molecular complexity index is 544. The predicted molar refractivity (Wildman–Crippen MR) is 64.1 cm³/mol. The smallest absolute Gasteiger partial charge is 0.237 e. The molecule has 7 nitrogen and oxygen atoms in total. The van der Waals surface area contributed by atoms with Crippen LogP contribution in [-0.2, 0) is 20.4 Å². The number of carboxylic acid groups (broad SMARTS) is 1. The molecular weight excluding hydrogens is 274 g/mol. The van der Waals surface area contributed by atoms with Gasteiger partial charge in [-0.1, -0.05) is 0 Å². The lowest BCUT2D eigenvalue weighted by atomic mass is 10.3. The highest BCUT2D eigenvalue weighted by Gasteiger charge is 2.15. The Labute approximate surface area is 111 Å². The third kappa shape index (κ3) is 3.68. The Balaban J connectivity index is 1.92. The number of benzene rings is 1. The average Bonchev–Trinajstić information content (AvgIpc) is 2.74. The van der Waals surface area contributed by atoms with Gasteiger partial charge in [-0.15, -0.1) is 0 Å². The summed E-state index contributed by atoms with van der Waals surface area (Å²) in [6.45, 7) is 0.127. The molecular formula is C11H10NO6S-. The van der Waals surface area contributed by atoms with Gasteiger partial charge in [0.2, 0.25) is 12.7 Å². The highest BCUT2D eigenvalue weighted by molar-refractivity contribution is 7.86. The Kier molecular flexibility index (Phi) is 4.00. The molecule has 0 aliphatic carbocycles. The fourth-order valence-corrected chi connectivity index (χ4v) is 2.23. The number of aliphatic carboxylic acids is 1. The highest BCUT2D eigenvalue weighted by atomic mass is 32.2. The maximum absolute atomic E-state index is 11.5. The van der Waals surface area contributed by atoms with Crippen LogP contribution < -0.4 is 19.9 Å². The van der Waals surface area contributed by atoms with E-state index in [1.54, 1.807) is 18.2 Å². The van der Waals surface area contributed by atoms with Crippen LogP contribution in [0.4, 0.5) is 5.69 Å². The largest absolute Gasteiger partial charge is 0.549 e. The van der Waals surface area contributed by atoms with E-state index >= 15 is 0 Å². The van der Waals surface area contributed by atoms with Gasteiger partial charge >= 0.3 is 0 Å². The topological polar surface area (TPSA) is 105 Å². The van der Waals surface area contributed by atoms with E-state index < -0.39 is 34.2 Å². The van der Waals surface area contributed by atoms with E-state index in [0.29, 0.717) is 17.2 Å². The third-order valence-corrected chi connectivity index (χ3v) is 3.37. The van der Waals surface area contributed by atoms with Gasteiger partial charge in [0.25, 0.3) is 0 Å². The molecule has 1 amide bonds. The molecule has 0 spiro atoms. The number of rotatable bonds is 5. The fourth-order valence-electron chi connectivity index (χ4n) is 1.50. The summed E-state index contributed by atoms with van der Waals surface area (Å²) in [5.74, 6) is -1.96. The van der Waals surface area contributed by atoms with Gasteiger partial charge in [-0.25, -0.2) is 0 Å². The van der Waals surface area contributed by atoms with Crippen molar-refractivity contribution in [3.8, 4) is 11.5 Å². The molecule has 1 N–H and O–H groups in total. The summed E-state index contributed by atoms with van der Waals surface area (Å²) in [7, 11) is -1.78. The van der Waals surface area contributed by atoms with Crippen LogP contribution in [0.1, 0.15) is 0 Å². The summed E-state index contributed by atoms with van der Waals surface area (Å²) in [6, 6.07) is 4.81. The SMILES string of the molecule is O=C([O-])C[S@](=O)CC(=O)Nc1ccc2c(c1)OCO2. The van der Waals surface area contributed by atoms with Crippen LogP contribution >= 0.6 is 0 Å². The Morgan fingerprint density at radius 2 is 2.00 bits per heavy atom. The number of hydrogen-bond donors (Lipinski definition) is 1. The second kappa shape index (κ2) is 5.70. The number of carbonyl (C=O) groups is 2. The third-order valence-electron chi connectivity index (χ3n) is 2.23. The molecule has 1 aromatic carbocycles. The zero-order valence-electron chi connectivity index (χ0n) is 9.71. The van der Waals surface area contributed by atoms with Crippen molar-refractivity contribution in [3.05, 3.63) is 18.2 Å². The number of carboxylic acids is 1. The minimum atomic E-state index is -1.78. The maximum Gasteiger partial charge on any atom is 0.237 e. The quantitative estimate of drug-likeness (QED) is 0.732. The van der Waals surface area contributed by atoms with E-state index in [0.717, 1.165) is 0 Å². The normalized spacial score (nSPS) is 13.9. The predicted octanol–water partition coefficient (Wildman–Crippen LogP) is -1.15. The molecule has 0 saturated carbocycles. The second-order valence-electron chi connectivity index (χ2n) is 3.72. The first kappa shape index (κ1) is 13.3. The van der Waals surface area contributed by atoms with Gasteiger partial charge < -0.3 is 24.7 Å². The molecule has 1 aliphatic rings. The van der Waals surface area contributed by atoms with E-state index in [9.17, 15) is 18.9 Å². The van der Waals surface area contributed by atoms with Gasteiger partial charge in [-0.2, -0.15) is 0 Å². The molecule has 0 unspecified atom stereocenters. The molecule has 2 rings (SSSR count). The number of nitrogens with one attached hydrogen (secondary N) is 1. The van der Waals surface area contributed by atoms with Crippen LogP contribution in [0.2, 0.25) is 0 Å². The molecule has 0 saturated heterocycles. The van der Waals surface area contributed by atoms with Gasteiger partial charge in [0.1, 0.15) is 5.75 Å². The zero-order chi connectivity index (χ0) is 13.8. The van der Waals surface area contributed by atoms with Crippen LogP contribution in [0.15, 0.2) is 18.2 Å². The fraction of sp³-hybridized carbons (Fsp3) is 0.273. The monoisotopic (exact) mass is 284 g/mol. The van der Waals surface area contributed by atoms with Crippen molar-refractivity contribution in [2.24, 2.45) is 0 Å². The summed E-state index contributed by atoms with van der Waals surface area (Å²) in [5, 5.41) is 12.7. The number of hydrogen-bond acceptors (Lipinski definition) is 6. The molecule has 8 heteroatoms. The number of amides is 1.